The molecule has 5 aliphatic carbocycles. The minimum atomic E-state index is -0.602. The van der Waals surface area contributed by atoms with Gasteiger partial charge in [-0.15, -0.1) is 0 Å². The molecule has 2 heteroatoms. The van der Waals surface area contributed by atoms with Crippen LogP contribution >= 0.6 is 0 Å². The summed E-state index contributed by atoms with van der Waals surface area (Å²) in [4.78, 5) is 0. The van der Waals surface area contributed by atoms with Crippen LogP contribution < -0.4 is 0 Å². The van der Waals surface area contributed by atoms with Crippen LogP contribution in [0.1, 0.15) is 113 Å². The van der Waals surface area contributed by atoms with Crippen molar-refractivity contribution in [3.63, 3.8) is 0 Å². The van der Waals surface area contributed by atoms with Crippen molar-refractivity contribution in [1.82, 2.24) is 0 Å². The Hall–Kier alpha value is -0.340. The lowest BCUT2D eigenvalue weighted by Crippen LogP contribution is -2.66. The second-order valence-corrected chi connectivity index (χ2v) is 15.4. The molecule has 5 aliphatic rings. The summed E-state index contributed by atoms with van der Waals surface area (Å²) >= 11 is 0. The lowest BCUT2D eigenvalue weighted by Gasteiger charge is -2.71. The van der Waals surface area contributed by atoms with Gasteiger partial charge < -0.3 is 10.2 Å². The van der Waals surface area contributed by atoms with Crippen LogP contribution in [0, 0.1) is 50.2 Å². The van der Waals surface area contributed by atoms with E-state index in [2.05, 4.69) is 61.5 Å². The smallest absolute Gasteiger partial charge is 0.0852 e. The molecule has 0 saturated heterocycles. The largest absolute Gasteiger partial charge is 0.390 e. The summed E-state index contributed by atoms with van der Waals surface area (Å²) in [6.45, 7) is 19.8. The number of fused-ring (bicyclic) bond motifs is 7. The molecule has 4 fully saturated rings. The summed E-state index contributed by atoms with van der Waals surface area (Å²) in [7, 11) is 0. The molecule has 0 amide bonds. The standard InChI is InChI=1S/C30H50O2/c1-25(2)13-14-27(5)15-16-29(7)19(20(27)17-25)9-10-23-28(6)18-21(31)24(32)26(3,4)22(28)11-12-30(23,29)8/h9,20-24,31-32H,10-18H2,1-8H3/t20-,21+,22-,23+,24-,27+,28-,29+,30+/m0/s1. The Morgan fingerprint density at radius 1 is 0.781 bits per heavy atom. The zero-order valence-electron chi connectivity index (χ0n) is 22.2. The molecule has 9 atom stereocenters. The Morgan fingerprint density at radius 2 is 1.44 bits per heavy atom. The lowest BCUT2D eigenvalue weighted by molar-refractivity contribution is -0.231. The maximum absolute atomic E-state index is 11.0. The fourth-order valence-electron chi connectivity index (χ4n) is 10.7. The van der Waals surface area contributed by atoms with Crippen molar-refractivity contribution in [2.24, 2.45) is 50.2 Å². The fourth-order valence-corrected chi connectivity index (χ4v) is 10.7. The first-order valence-electron chi connectivity index (χ1n) is 13.7. The molecule has 2 N–H and O–H groups in total. The maximum Gasteiger partial charge on any atom is 0.0852 e. The molecule has 4 saturated carbocycles. The molecular formula is C30H50O2. The number of rotatable bonds is 0. The third kappa shape index (κ3) is 2.78. The van der Waals surface area contributed by atoms with E-state index in [4.69, 9.17) is 0 Å². The minimum Gasteiger partial charge on any atom is -0.390 e. The van der Waals surface area contributed by atoms with E-state index in [0.717, 1.165) is 12.3 Å². The SMILES string of the molecule is CC1(C)CC[C@]2(C)CC[C@]3(C)C(=CC[C@@H]4[C@@]5(C)C[C@@H](O)[C@H](O)C(C)(C)[C@@H]5CC[C@]43C)[C@@H]2C1. The van der Waals surface area contributed by atoms with Crippen LogP contribution in [-0.2, 0) is 0 Å². The second-order valence-electron chi connectivity index (χ2n) is 15.4. The summed E-state index contributed by atoms with van der Waals surface area (Å²) in [5.41, 5.74) is 3.17. The van der Waals surface area contributed by atoms with E-state index in [-0.39, 0.29) is 21.7 Å². The zero-order valence-corrected chi connectivity index (χ0v) is 22.2. The van der Waals surface area contributed by atoms with Gasteiger partial charge in [0.2, 0.25) is 0 Å². The lowest BCUT2D eigenvalue weighted by atomic mass is 9.33. The van der Waals surface area contributed by atoms with Gasteiger partial charge in [0.05, 0.1) is 12.2 Å². The van der Waals surface area contributed by atoms with Crippen LogP contribution in [-0.4, -0.2) is 22.4 Å². The molecule has 0 unspecified atom stereocenters. The summed E-state index contributed by atoms with van der Waals surface area (Å²) in [6, 6.07) is 0. The van der Waals surface area contributed by atoms with Crippen LogP contribution in [0.25, 0.3) is 0 Å². The summed E-state index contributed by atoms with van der Waals surface area (Å²) in [6.07, 6.45) is 12.7. The monoisotopic (exact) mass is 442 g/mol. The minimum absolute atomic E-state index is 0.0901. The third-order valence-electron chi connectivity index (χ3n) is 13.0. The predicted octanol–water partition coefficient (Wildman–Crippen LogP) is 7.14. The van der Waals surface area contributed by atoms with Gasteiger partial charge in [-0.2, -0.15) is 0 Å². The van der Waals surface area contributed by atoms with Crippen LogP contribution in [0.4, 0.5) is 0 Å². The average molecular weight is 443 g/mol. The van der Waals surface area contributed by atoms with Gasteiger partial charge in [0.25, 0.3) is 0 Å². The van der Waals surface area contributed by atoms with E-state index in [1.807, 2.05) is 5.57 Å². The maximum atomic E-state index is 11.0. The first kappa shape index (κ1) is 23.4. The Morgan fingerprint density at radius 3 is 2.12 bits per heavy atom. The van der Waals surface area contributed by atoms with Gasteiger partial charge in [-0.25, -0.2) is 0 Å². The molecule has 0 radical (unpaired) electrons. The number of aliphatic hydroxyl groups is 2. The first-order chi connectivity index (χ1) is 14.6. The molecule has 0 aliphatic heterocycles. The molecule has 0 spiro atoms. The van der Waals surface area contributed by atoms with Gasteiger partial charge in [0.15, 0.2) is 0 Å². The highest BCUT2D eigenvalue weighted by Gasteiger charge is 2.68. The van der Waals surface area contributed by atoms with E-state index in [9.17, 15) is 10.2 Å². The van der Waals surface area contributed by atoms with E-state index < -0.39 is 12.2 Å². The van der Waals surface area contributed by atoms with Crippen LogP contribution in [0.15, 0.2) is 11.6 Å². The number of aliphatic hydroxyl groups excluding tert-OH is 2. The van der Waals surface area contributed by atoms with Gasteiger partial charge in [0, 0.05) is 0 Å². The fraction of sp³-hybridized carbons (Fsp3) is 0.933. The van der Waals surface area contributed by atoms with E-state index in [1.165, 1.54) is 51.4 Å². The van der Waals surface area contributed by atoms with E-state index in [0.29, 0.717) is 22.7 Å². The Bertz CT molecular complexity index is 825. The summed E-state index contributed by atoms with van der Waals surface area (Å²) in [5.74, 6) is 1.81. The number of hydrogen-bond acceptors (Lipinski definition) is 2. The molecule has 0 aromatic rings. The van der Waals surface area contributed by atoms with Crippen molar-refractivity contribution < 1.29 is 10.2 Å². The van der Waals surface area contributed by atoms with Gasteiger partial charge in [-0.3, -0.25) is 0 Å². The molecule has 0 bridgehead atoms. The first-order valence-corrected chi connectivity index (χ1v) is 13.7. The zero-order chi connectivity index (χ0) is 23.5. The third-order valence-corrected chi connectivity index (χ3v) is 13.0. The highest BCUT2D eigenvalue weighted by atomic mass is 16.3. The van der Waals surface area contributed by atoms with Crippen LogP contribution in [0.2, 0.25) is 0 Å². The van der Waals surface area contributed by atoms with Gasteiger partial charge in [-0.1, -0.05) is 67.0 Å². The van der Waals surface area contributed by atoms with Crippen molar-refractivity contribution in [3.8, 4) is 0 Å². The van der Waals surface area contributed by atoms with Gasteiger partial charge in [0.1, 0.15) is 0 Å². The molecule has 0 aromatic carbocycles. The molecule has 0 aromatic heterocycles. The molecule has 5 rings (SSSR count). The van der Waals surface area contributed by atoms with Crippen molar-refractivity contribution >= 4 is 0 Å². The Balaban J connectivity index is 1.58. The van der Waals surface area contributed by atoms with Gasteiger partial charge in [-0.05, 0) is 108 Å². The van der Waals surface area contributed by atoms with Crippen molar-refractivity contribution in [2.75, 3.05) is 0 Å². The Kier molecular flexibility index (Phi) is 4.87. The molecule has 32 heavy (non-hydrogen) atoms. The molecular weight excluding hydrogens is 392 g/mol. The quantitative estimate of drug-likeness (QED) is 0.391. The topological polar surface area (TPSA) is 40.5 Å². The average Bonchev–Trinajstić information content (AvgIpc) is 2.68. The normalized spacial score (nSPS) is 56.2. The second kappa shape index (κ2) is 6.66. The predicted molar refractivity (Wildman–Crippen MR) is 132 cm³/mol. The van der Waals surface area contributed by atoms with E-state index >= 15 is 0 Å². The molecule has 0 heterocycles. The summed E-state index contributed by atoms with van der Waals surface area (Å²) in [5, 5.41) is 21.9. The molecule has 2 nitrogen and oxygen atoms in total. The number of hydrogen-bond donors (Lipinski definition) is 2. The van der Waals surface area contributed by atoms with Crippen molar-refractivity contribution in [2.45, 2.75) is 125 Å². The highest BCUT2D eigenvalue weighted by Crippen LogP contribution is 2.75. The van der Waals surface area contributed by atoms with Gasteiger partial charge >= 0.3 is 0 Å². The van der Waals surface area contributed by atoms with E-state index in [1.54, 1.807) is 0 Å². The highest BCUT2D eigenvalue weighted by molar-refractivity contribution is 5.33. The van der Waals surface area contributed by atoms with Crippen molar-refractivity contribution in [1.29, 1.82) is 0 Å². The van der Waals surface area contributed by atoms with Crippen LogP contribution in [0.3, 0.4) is 0 Å². The van der Waals surface area contributed by atoms with Crippen molar-refractivity contribution in [3.05, 3.63) is 11.6 Å². The number of allylic oxidation sites excluding steroid dienone is 2. The van der Waals surface area contributed by atoms with Crippen LogP contribution in [0.5, 0.6) is 0 Å². The Labute approximate surface area is 197 Å². The summed E-state index contributed by atoms with van der Waals surface area (Å²) < 4.78 is 0. The molecule has 182 valence electrons.